The van der Waals surface area contributed by atoms with Crippen molar-refractivity contribution in [2.24, 2.45) is 0 Å². The largest absolute Gasteiger partial charge is 0.368 e. The van der Waals surface area contributed by atoms with Crippen molar-refractivity contribution in [2.75, 3.05) is 63.8 Å². The molecule has 0 radical (unpaired) electrons. The number of carbonyl (C=O) groups excluding carboxylic acids is 2. The van der Waals surface area contributed by atoms with E-state index in [0.717, 1.165) is 52.4 Å². The third-order valence-corrected chi connectivity index (χ3v) is 5.73. The summed E-state index contributed by atoms with van der Waals surface area (Å²) in [7, 11) is 0. The summed E-state index contributed by atoms with van der Waals surface area (Å²) >= 11 is 0. The van der Waals surface area contributed by atoms with Crippen molar-refractivity contribution in [3.63, 3.8) is 0 Å². The molecule has 2 aliphatic heterocycles. The van der Waals surface area contributed by atoms with Gasteiger partial charge in [0.1, 0.15) is 0 Å². The minimum absolute atomic E-state index is 0.124. The number of hydrogen-bond acceptors (Lipinski definition) is 4. The monoisotopic (exact) mass is 358 g/mol. The number of nitrogens with zero attached hydrogens (tertiary/aromatic N) is 4. The molecular weight excluding hydrogens is 328 g/mol. The molecule has 142 valence electrons. The summed E-state index contributed by atoms with van der Waals surface area (Å²) < 4.78 is 0. The smallest absolute Gasteiger partial charge is 0.236 e. The number of aryl methyl sites for hydroxylation is 1. The van der Waals surface area contributed by atoms with E-state index >= 15 is 0 Å². The van der Waals surface area contributed by atoms with Crippen LogP contribution < -0.4 is 4.90 Å². The lowest BCUT2D eigenvalue weighted by molar-refractivity contribution is -0.134. The molecule has 1 aromatic carbocycles. The van der Waals surface area contributed by atoms with Crippen LogP contribution in [-0.4, -0.2) is 85.4 Å². The Morgan fingerprint density at radius 2 is 1.50 bits per heavy atom. The molecule has 0 unspecified atom stereocenters. The molecule has 0 N–H and O–H groups in total. The second kappa shape index (κ2) is 8.08. The van der Waals surface area contributed by atoms with Crippen molar-refractivity contribution in [1.82, 2.24) is 14.7 Å². The van der Waals surface area contributed by atoms with Gasteiger partial charge >= 0.3 is 0 Å². The molecule has 0 saturated carbocycles. The van der Waals surface area contributed by atoms with Gasteiger partial charge in [-0.15, -0.1) is 0 Å². The molecule has 0 bridgehead atoms. The molecule has 2 fully saturated rings. The maximum atomic E-state index is 12.6. The minimum atomic E-state index is 0.124. The Labute approximate surface area is 156 Å². The van der Waals surface area contributed by atoms with Crippen molar-refractivity contribution in [2.45, 2.75) is 20.8 Å². The maximum Gasteiger partial charge on any atom is 0.236 e. The molecule has 0 aromatic heterocycles. The highest BCUT2D eigenvalue weighted by Gasteiger charge is 2.25. The summed E-state index contributed by atoms with van der Waals surface area (Å²) in [6.07, 6.45) is 0. The van der Waals surface area contributed by atoms with Gasteiger partial charge in [-0.2, -0.15) is 0 Å². The summed E-state index contributed by atoms with van der Waals surface area (Å²) in [5.74, 6) is 0.334. The molecule has 0 spiro atoms. The molecule has 2 heterocycles. The Hall–Kier alpha value is -2.08. The standard InChI is InChI=1S/C20H30N4O2/c1-16-5-4-6-19(17(16)2)23-11-13-24(14-12-23)20(26)15-21-7-9-22(10-8-21)18(3)25/h4-6H,7-15H2,1-3H3. The van der Waals surface area contributed by atoms with Crippen LogP contribution in [0, 0.1) is 13.8 Å². The van der Waals surface area contributed by atoms with Crippen LogP contribution in [0.15, 0.2) is 18.2 Å². The van der Waals surface area contributed by atoms with Crippen LogP contribution in [0.1, 0.15) is 18.1 Å². The third kappa shape index (κ3) is 4.18. The zero-order valence-corrected chi connectivity index (χ0v) is 16.2. The predicted octanol–water partition coefficient (Wildman–Crippen LogP) is 1.12. The average molecular weight is 358 g/mol. The Kier molecular flexibility index (Phi) is 5.81. The molecular formula is C20H30N4O2. The fraction of sp³-hybridized carbons (Fsp3) is 0.600. The molecule has 0 atom stereocenters. The average Bonchev–Trinajstić information content (AvgIpc) is 2.64. The van der Waals surface area contributed by atoms with Crippen molar-refractivity contribution in [1.29, 1.82) is 0 Å². The van der Waals surface area contributed by atoms with Crippen molar-refractivity contribution >= 4 is 17.5 Å². The van der Waals surface area contributed by atoms with E-state index < -0.39 is 0 Å². The van der Waals surface area contributed by atoms with Gasteiger partial charge in [0.05, 0.1) is 6.54 Å². The summed E-state index contributed by atoms with van der Waals surface area (Å²) in [6, 6.07) is 6.43. The van der Waals surface area contributed by atoms with Crippen LogP contribution in [0.3, 0.4) is 0 Å². The van der Waals surface area contributed by atoms with E-state index in [2.05, 4.69) is 41.8 Å². The van der Waals surface area contributed by atoms with E-state index in [0.29, 0.717) is 6.54 Å². The number of anilines is 1. The van der Waals surface area contributed by atoms with Gasteiger partial charge in [0, 0.05) is 65.0 Å². The van der Waals surface area contributed by atoms with Gasteiger partial charge in [0.25, 0.3) is 0 Å². The van der Waals surface area contributed by atoms with Crippen LogP contribution in [0.2, 0.25) is 0 Å². The van der Waals surface area contributed by atoms with Crippen molar-refractivity contribution < 1.29 is 9.59 Å². The molecule has 6 nitrogen and oxygen atoms in total. The highest BCUT2D eigenvalue weighted by atomic mass is 16.2. The molecule has 2 aliphatic rings. The number of carbonyl (C=O) groups is 2. The first-order valence-electron chi connectivity index (χ1n) is 9.52. The second-order valence-corrected chi connectivity index (χ2v) is 7.37. The SMILES string of the molecule is CC(=O)N1CCN(CC(=O)N2CCN(c3cccc(C)c3C)CC2)CC1. The number of piperazine rings is 2. The van der Waals surface area contributed by atoms with E-state index in [1.54, 1.807) is 6.92 Å². The zero-order valence-electron chi connectivity index (χ0n) is 16.2. The summed E-state index contributed by atoms with van der Waals surface area (Å²) in [5.41, 5.74) is 3.93. The first-order valence-corrected chi connectivity index (χ1v) is 9.52. The molecule has 6 heteroatoms. The maximum absolute atomic E-state index is 12.6. The normalized spacial score (nSPS) is 19.0. The van der Waals surface area contributed by atoms with Crippen LogP contribution in [0.5, 0.6) is 0 Å². The van der Waals surface area contributed by atoms with Gasteiger partial charge < -0.3 is 14.7 Å². The molecule has 3 rings (SSSR count). The predicted molar refractivity (Wildman–Crippen MR) is 103 cm³/mol. The van der Waals surface area contributed by atoms with Gasteiger partial charge in [-0.05, 0) is 31.0 Å². The number of hydrogen-bond donors (Lipinski definition) is 0. The van der Waals surface area contributed by atoms with Crippen molar-refractivity contribution in [3.05, 3.63) is 29.3 Å². The Bertz CT molecular complexity index is 660. The lowest BCUT2D eigenvalue weighted by Gasteiger charge is -2.39. The minimum Gasteiger partial charge on any atom is -0.368 e. The number of rotatable bonds is 3. The van der Waals surface area contributed by atoms with Crippen molar-refractivity contribution in [3.8, 4) is 0 Å². The third-order valence-electron chi connectivity index (χ3n) is 5.73. The van der Waals surface area contributed by atoms with Crippen LogP contribution in [-0.2, 0) is 9.59 Å². The Balaban J connectivity index is 1.48. The fourth-order valence-corrected chi connectivity index (χ4v) is 3.79. The van der Waals surface area contributed by atoms with Gasteiger partial charge in [0.2, 0.25) is 11.8 Å². The summed E-state index contributed by atoms with van der Waals surface area (Å²) in [5, 5.41) is 0. The molecule has 2 saturated heterocycles. The van der Waals surface area contributed by atoms with E-state index in [4.69, 9.17) is 0 Å². The topological polar surface area (TPSA) is 47.1 Å². The van der Waals surface area contributed by atoms with Gasteiger partial charge in [-0.1, -0.05) is 12.1 Å². The quantitative estimate of drug-likeness (QED) is 0.812. The van der Waals surface area contributed by atoms with Crippen LogP contribution in [0.25, 0.3) is 0 Å². The van der Waals surface area contributed by atoms with Gasteiger partial charge in [-0.3, -0.25) is 14.5 Å². The highest BCUT2D eigenvalue weighted by Crippen LogP contribution is 2.23. The highest BCUT2D eigenvalue weighted by molar-refractivity contribution is 5.79. The number of amides is 2. The zero-order chi connectivity index (χ0) is 18.7. The summed E-state index contributed by atoms with van der Waals surface area (Å²) in [6.45, 7) is 12.7. The number of benzene rings is 1. The van der Waals surface area contributed by atoms with E-state index in [1.807, 2.05) is 9.80 Å². The van der Waals surface area contributed by atoms with E-state index in [-0.39, 0.29) is 11.8 Å². The van der Waals surface area contributed by atoms with E-state index in [9.17, 15) is 9.59 Å². The Morgan fingerprint density at radius 1 is 0.885 bits per heavy atom. The molecule has 26 heavy (non-hydrogen) atoms. The first kappa shape index (κ1) is 18.7. The first-order chi connectivity index (χ1) is 12.5. The molecule has 1 aromatic rings. The summed E-state index contributed by atoms with van der Waals surface area (Å²) in [4.78, 5) is 32.4. The molecule has 2 amide bonds. The Morgan fingerprint density at radius 3 is 2.12 bits per heavy atom. The van der Waals surface area contributed by atoms with Gasteiger partial charge in [-0.25, -0.2) is 0 Å². The van der Waals surface area contributed by atoms with Crippen LogP contribution in [0.4, 0.5) is 5.69 Å². The van der Waals surface area contributed by atoms with E-state index in [1.165, 1.54) is 16.8 Å². The van der Waals surface area contributed by atoms with Gasteiger partial charge in [0.15, 0.2) is 0 Å². The lowest BCUT2D eigenvalue weighted by Crippen LogP contribution is -2.54. The molecule has 0 aliphatic carbocycles. The second-order valence-electron chi connectivity index (χ2n) is 7.37. The lowest BCUT2D eigenvalue weighted by atomic mass is 10.1. The fourth-order valence-electron chi connectivity index (χ4n) is 3.79. The van der Waals surface area contributed by atoms with Crippen LogP contribution >= 0.6 is 0 Å².